The van der Waals surface area contributed by atoms with E-state index in [-0.39, 0.29) is 0 Å². The molecule has 0 aliphatic rings. The summed E-state index contributed by atoms with van der Waals surface area (Å²) in [6, 6.07) is 6.82. The zero-order valence-electron chi connectivity index (χ0n) is 9.80. The molecule has 1 unspecified atom stereocenters. The van der Waals surface area contributed by atoms with Crippen molar-refractivity contribution >= 4 is 10.9 Å². The smallest absolute Gasteiger partial charge is 0.0459 e. The van der Waals surface area contributed by atoms with Crippen LogP contribution in [0.5, 0.6) is 0 Å². The fourth-order valence-electron chi connectivity index (χ4n) is 2.04. The van der Waals surface area contributed by atoms with Crippen molar-refractivity contribution in [1.82, 2.24) is 4.98 Å². The quantitative estimate of drug-likeness (QED) is 0.764. The second-order valence-electron chi connectivity index (χ2n) is 4.28. The van der Waals surface area contributed by atoms with E-state index in [2.05, 4.69) is 50.2 Å². The van der Waals surface area contributed by atoms with Crippen LogP contribution >= 0.6 is 0 Å². The summed E-state index contributed by atoms with van der Waals surface area (Å²) in [4.78, 5) is 3.36. The van der Waals surface area contributed by atoms with E-state index in [1.807, 2.05) is 0 Å². The van der Waals surface area contributed by atoms with Gasteiger partial charge in [-0.2, -0.15) is 0 Å². The average Bonchev–Trinajstić information content (AvgIpc) is 2.69. The molecule has 0 spiro atoms. The summed E-state index contributed by atoms with van der Waals surface area (Å²) >= 11 is 0. The third kappa shape index (κ3) is 1.79. The molecule has 2 aromatic rings. The molecule has 80 valence electrons. The van der Waals surface area contributed by atoms with Crippen LogP contribution in [0.2, 0.25) is 0 Å². The van der Waals surface area contributed by atoms with Crippen LogP contribution in [0.25, 0.3) is 10.9 Å². The average molecular weight is 201 g/mol. The van der Waals surface area contributed by atoms with Gasteiger partial charge < -0.3 is 4.98 Å². The van der Waals surface area contributed by atoms with Gasteiger partial charge in [0.1, 0.15) is 0 Å². The number of hydrogen-bond donors (Lipinski definition) is 1. The molecule has 0 radical (unpaired) electrons. The third-order valence-corrected chi connectivity index (χ3v) is 3.35. The SMILES string of the molecule is CCc1c[nH]c2cc(C(C)CC)ccc12. The first kappa shape index (κ1) is 10.3. The van der Waals surface area contributed by atoms with Gasteiger partial charge in [-0.25, -0.2) is 0 Å². The molecule has 0 fully saturated rings. The maximum Gasteiger partial charge on any atom is 0.0459 e. The lowest BCUT2D eigenvalue weighted by Gasteiger charge is -2.08. The summed E-state index contributed by atoms with van der Waals surface area (Å²) in [6.07, 6.45) is 4.43. The minimum atomic E-state index is 0.655. The monoisotopic (exact) mass is 201 g/mol. The zero-order chi connectivity index (χ0) is 10.8. The van der Waals surface area contributed by atoms with Crippen molar-refractivity contribution in [2.24, 2.45) is 0 Å². The van der Waals surface area contributed by atoms with Gasteiger partial charge in [-0.15, -0.1) is 0 Å². The van der Waals surface area contributed by atoms with Gasteiger partial charge in [0.2, 0.25) is 0 Å². The number of benzene rings is 1. The highest BCUT2D eigenvalue weighted by Gasteiger charge is 2.06. The molecule has 15 heavy (non-hydrogen) atoms. The van der Waals surface area contributed by atoms with Crippen molar-refractivity contribution in [3.63, 3.8) is 0 Å². The van der Waals surface area contributed by atoms with Crippen LogP contribution in [0.15, 0.2) is 24.4 Å². The van der Waals surface area contributed by atoms with Gasteiger partial charge in [-0.1, -0.05) is 32.9 Å². The Balaban J connectivity index is 2.48. The highest BCUT2D eigenvalue weighted by molar-refractivity contribution is 5.83. The lowest BCUT2D eigenvalue weighted by atomic mass is 9.97. The van der Waals surface area contributed by atoms with Gasteiger partial charge >= 0.3 is 0 Å². The molecule has 1 heterocycles. The Morgan fingerprint density at radius 1 is 1.27 bits per heavy atom. The van der Waals surface area contributed by atoms with Crippen LogP contribution < -0.4 is 0 Å². The van der Waals surface area contributed by atoms with Gasteiger partial charge in [0, 0.05) is 17.1 Å². The van der Waals surface area contributed by atoms with Crippen LogP contribution in [0, 0.1) is 0 Å². The van der Waals surface area contributed by atoms with E-state index >= 15 is 0 Å². The summed E-state index contributed by atoms with van der Waals surface area (Å²) in [7, 11) is 0. The maximum atomic E-state index is 3.36. The maximum absolute atomic E-state index is 3.36. The molecule has 1 heteroatoms. The largest absolute Gasteiger partial charge is 0.361 e. The number of H-pyrrole nitrogens is 1. The first-order valence-corrected chi connectivity index (χ1v) is 5.86. The standard InChI is InChI=1S/C14H19N/c1-4-10(3)12-6-7-13-11(5-2)9-15-14(13)8-12/h6-10,15H,4-5H2,1-3H3. The molecule has 1 atom stereocenters. The predicted octanol–water partition coefficient (Wildman–Crippen LogP) is 4.24. The van der Waals surface area contributed by atoms with Gasteiger partial charge in [-0.05, 0) is 36.0 Å². The van der Waals surface area contributed by atoms with Gasteiger partial charge in [0.05, 0.1) is 0 Å². The highest BCUT2D eigenvalue weighted by Crippen LogP contribution is 2.25. The van der Waals surface area contributed by atoms with E-state index < -0.39 is 0 Å². The number of nitrogens with one attached hydrogen (secondary N) is 1. The Kier molecular flexibility index (Phi) is 2.81. The zero-order valence-corrected chi connectivity index (χ0v) is 9.80. The van der Waals surface area contributed by atoms with E-state index in [0.717, 1.165) is 6.42 Å². The Morgan fingerprint density at radius 2 is 2.07 bits per heavy atom. The number of aryl methyl sites for hydroxylation is 1. The normalized spacial score (nSPS) is 13.3. The van der Waals surface area contributed by atoms with Crippen molar-refractivity contribution in [3.8, 4) is 0 Å². The molecule has 2 rings (SSSR count). The minimum absolute atomic E-state index is 0.655. The summed E-state index contributed by atoms with van der Waals surface area (Å²) in [5.74, 6) is 0.655. The van der Waals surface area contributed by atoms with Crippen LogP contribution in [0.4, 0.5) is 0 Å². The summed E-state index contributed by atoms with van der Waals surface area (Å²) in [5, 5.41) is 1.38. The molecule has 0 saturated carbocycles. The fourth-order valence-corrected chi connectivity index (χ4v) is 2.04. The van der Waals surface area contributed by atoms with E-state index in [0.29, 0.717) is 5.92 Å². The number of fused-ring (bicyclic) bond motifs is 1. The lowest BCUT2D eigenvalue weighted by Crippen LogP contribution is -1.90. The highest BCUT2D eigenvalue weighted by atomic mass is 14.7. The van der Waals surface area contributed by atoms with Crippen molar-refractivity contribution in [3.05, 3.63) is 35.5 Å². The third-order valence-electron chi connectivity index (χ3n) is 3.35. The Bertz CT molecular complexity index is 453. The molecule has 0 saturated heterocycles. The Labute approximate surface area is 91.5 Å². The van der Waals surface area contributed by atoms with Gasteiger partial charge in [0.25, 0.3) is 0 Å². The van der Waals surface area contributed by atoms with Crippen LogP contribution in [0.1, 0.15) is 44.2 Å². The fraction of sp³-hybridized carbons (Fsp3) is 0.429. The topological polar surface area (TPSA) is 15.8 Å². The molecule has 1 aromatic heterocycles. The first-order valence-electron chi connectivity index (χ1n) is 5.86. The van der Waals surface area contributed by atoms with E-state index in [9.17, 15) is 0 Å². The molecular formula is C14H19N. The Morgan fingerprint density at radius 3 is 2.73 bits per heavy atom. The second kappa shape index (κ2) is 4.09. The van der Waals surface area contributed by atoms with Gasteiger partial charge in [0.15, 0.2) is 0 Å². The number of rotatable bonds is 3. The molecule has 0 aliphatic carbocycles. The van der Waals surface area contributed by atoms with Crippen molar-refractivity contribution < 1.29 is 0 Å². The van der Waals surface area contributed by atoms with E-state index in [1.165, 1.54) is 28.5 Å². The molecule has 0 amide bonds. The van der Waals surface area contributed by atoms with Gasteiger partial charge in [-0.3, -0.25) is 0 Å². The van der Waals surface area contributed by atoms with Crippen molar-refractivity contribution in [2.45, 2.75) is 39.5 Å². The van der Waals surface area contributed by atoms with E-state index in [1.54, 1.807) is 0 Å². The number of aromatic nitrogens is 1. The number of hydrogen-bond acceptors (Lipinski definition) is 0. The minimum Gasteiger partial charge on any atom is -0.361 e. The predicted molar refractivity (Wildman–Crippen MR) is 66.4 cm³/mol. The summed E-state index contributed by atoms with van der Waals surface area (Å²) in [5.41, 5.74) is 4.14. The Hall–Kier alpha value is -1.24. The summed E-state index contributed by atoms with van der Waals surface area (Å²) < 4.78 is 0. The van der Waals surface area contributed by atoms with Crippen molar-refractivity contribution in [1.29, 1.82) is 0 Å². The van der Waals surface area contributed by atoms with E-state index in [4.69, 9.17) is 0 Å². The molecular weight excluding hydrogens is 182 g/mol. The first-order chi connectivity index (χ1) is 7.26. The number of aromatic amines is 1. The molecule has 0 aliphatic heterocycles. The lowest BCUT2D eigenvalue weighted by molar-refractivity contribution is 0.734. The van der Waals surface area contributed by atoms with Crippen LogP contribution in [0.3, 0.4) is 0 Å². The summed E-state index contributed by atoms with van der Waals surface area (Å²) in [6.45, 7) is 6.72. The van der Waals surface area contributed by atoms with Crippen LogP contribution in [-0.4, -0.2) is 4.98 Å². The second-order valence-corrected chi connectivity index (χ2v) is 4.28. The molecule has 1 N–H and O–H groups in total. The van der Waals surface area contributed by atoms with Crippen LogP contribution in [-0.2, 0) is 6.42 Å². The van der Waals surface area contributed by atoms with Crippen molar-refractivity contribution in [2.75, 3.05) is 0 Å². The molecule has 1 aromatic carbocycles. The molecule has 1 nitrogen and oxygen atoms in total. The molecule has 0 bridgehead atoms.